The van der Waals surface area contributed by atoms with Gasteiger partial charge < -0.3 is 16.0 Å². The van der Waals surface area contributed by atoms with Gasteiger partial charge in [-0.25, -0.2) is 9.97 Å². The average Bonchev–Trinajstić information content (AvgIpc) is 2.86. The Labute approximate surface area is 108 Å². The first-order valence-electron chi connectivity index (χ1n) is 5.72. The molecular weight excluding hydrogens is 250 g/mol. The summed E-state index contributed by atoms with van der Waals surface area (Å²) in [5, 5.41) is 5.15. The maximum absolute atomic E-state index is 11.5. The van der Waals surface area contributed by atoms with Gasteiger partial charge in [0.2, 0.25) is 5.91 Å². The molecule has 3 heterocycles. The Morgan fingerprint density at radius 3 is 3.28 bits per heavy atom. The van der Waals surface area contributed by atoms with Gasteiger partial charge in [0, 0.05) is 19.6 Å². The summed E-state index contributed by atoms with van der Waals surface area (Å²) in [4.78, 5) is 22.0. The Kier molecular flexibility index (Phi) is 2.85. The number of rotatable bonds is 2. The van der Waals surface area contributed by atoms with E-state index < -0.39 is 0 Å². The summed E-state index contributed by atoms with van der Waals surface area (Å²) in [6.45, 7) is 2.10. The maximum Gasteiger partial charge on any atom is 0.241 e. The second-order valence-electron chi connectivity index (χ2n) is 4.15. The summed E-state index contributed by atoms with van der Waals surface area (Å²) < 4.78 is 1.01. The standard InChI is InChI=1S/C11H13N5OS/c12-10(17)8-5-13-2-3-16(8)11-9-7(1-4-18-9)14-6-15-11/h1,4,6,8,13H,2-3,5H2,(H2,12,17). The molecule has 94 valence electrons. The van der Waals surface area contributed by atoms with E-state index in [-0.39, 0.29) is 11.9 Å². The van der Waals surface area contributed by atoms with E-state index in [1.807, 2.05) is 16.3 Å². The fourth-order valence-corrected chi connectivity index (χ4v) is 3.04. The SMILES string of the molecule is NC(=O)C1CNCCN1c1ncnc2ccsc12. The molecule has 0 aromatic carbocycles. The first-order chi connectivity index (χ1) is 8.77. The van der Waals surface area contributed by atoms with Crippen molar-refractivity contribution in [3.8, 4) is 0 Å². The van der Waals surface area contributed by atoms with Crippen LogP contribution >= 0.6 is 11.3 Å². The third kappa shape index (κ3) is 1.81. The molecule has 0 aliphatic carbocycles. The van der Waals surface area contributed by atoms with Crippen LogP contribution in [0.5, 0.6) is 0 Å². The number of anilines is 1. The smallest absolute Gasteiger partial charge is 0.241 e. The quantitative estimate of drug-likeness (QED) is 0.794. The molecule has 18 heavy (non-hydrogen) atoms. The van der Waals surface area contributed by atoms with Crippen LogP contribution in [-0.4, -0.2) is 41.6 Å². The second kappa shape index (κ2) is 4.51. The van der Waals surface area contributed by atoms with E-state index in [1.54, 1.807) is 11.3 Å². The van der Waals surface area contributed by atoms with Crippen molar-refractivity contribution in [2.24, 2.45) is 5.73 Å². The van der Waals surface area contributed by atoms with Gasteiger partial charge in [-0.3, -0.25) is 4.79 Å². The van der Waals surface area contributed by atoms with E-state index in [0.29, 0.717) is 6.54 Å². The van der Waals surface area contributed by atoms with Crippen LogP contribution in [0.3, 0.4) is 0 Å². The van der Waals surface area contributed by atoms with Gasteiger partial charge in [0.25, 0.3) is 0 Å². The van der Waals surface area contributed by atoms with Crippen molar-refractivity contribution in [2.75, 3.05) is 24.5 Å². The maximum atomic E-state index is 11.5. The molecule has 0 saturated carbocycles. The van der Waals surface area contributed by atoms with Crippen LogP contribution in [-0.2, 0) is 4.79 Å². The first kappa shape index (κ1) is 11.4. The van der Waals surface area contributed by atoms with E-state index in [9.17, 15) is 4.79 Å². The summed E-state index contributed by atoms with van der Waals surface area (Å²) in [6, 6.07) is 1.60. The van der Waals surface area contributed by atoms with Crippen molar-refractivity contribution in [1.29, 1.82) is 0 Å². The molecule has 2 aromatic heterocycles. The molecule has 2 aromatic rings. The monoisotopic (exact) mass is 263 g/mol. The predicted octanol–water partition coefficient (Wildman–Crippen LogP) is -0.0452. The number of carbonyl (C=O) groups excluding carboxylic acids is 1. The number of hydrogen-bond acceptors (Lipinski definition) is 6. The number of carbonyl (C=O) groups is 1. The third-order valence-corrected chi connectivity index (χ3v) is 3.97. The van der Waals surface area contributed by atoms with Crippen LogP contribution in [0.4, 0.5) is 5.82 Å². The number of thiophene rings is 1. The van der Waals surface area contributed by atoms with E-state index in [4.69, 9.17) is 5.73 Å². The highest BCUT2D eigenvalue weighted by Gasteiger charge is 2.29. The Morgan fingerprint density at radius 1 is 1.56 bits per heavy atom. The van der Waals surface area contributed by atoms with Crippen molar-refractivity contribution in [2.45, 2.75) is 6.04 Å². The van der Waals surface area contributed by atoms with Gasteiger partial charge in [0.15, 0.2) is 5.82 Å². The largest absolute Gasteiger partial charge is 0.368 e. The van der Waals surface area contributed by atoms with Crippen LogP contribution in [0.2, 0.25) is 0 Å². The highest BCUT2D eigenvalue weighted by Crippen LogP contribution is 2.29. The summed E-state index contributed by atoms with van der Waals surface area (Å²) in [5.41, 5.74) is 6.36. The highest BCUT2D eigenvalue weighted by molar-refractivity contribution is 7.17. The van der Waals surface area contributed by atoms with E-state index in [1.165, 1.54) is 6.33 Å². The lowest BCUT2D eigenvalue weighted by Crippen LogP contribution is -2.57. The van der Waals surface area contributed by atoms with E-state index >= 15 is 0 Å². The van der Waals surface area contributed by atoms with Gasteiger partial charge in [0.1, 0.15) is 12.4 Å². The molecule has 7 heteroatoms. The summed E-state index contributed by atoms with van der Waals surface area (Å²) >= 11 is 1.58. The molecule has 6 nitrogen and oxygen atoms in total. The third-order valence-electron chi connectivity index (χ3n) is 3.07. The van der Waals surface area contributed by atoms with Crippen LogP contribution in [0, 0.1) is 0 Å². The first-order valence-corrected chi connectivity index (χ1v) is 6.60. The number of piperazine rings is 1. The molecular formula is C11H13N5OS. The molecule has 1 unspecified atom stereocenters. The molecule has 1 fully saturated rings. The summed E-state index contributed by atoms with van der Waals surface area (Å²) in [7, 11) is 0. The Balaban J connectivity index is 2.06. The number of aromatic nitrogens is 2. The molecule has 0 bridgehead atoms. The van der Waals surface area contributed by atoms with E-state index in [0.717, 1.165) is 29.1 Å². The Bertz CT molecular complexity index is 584. The minimum Gasteiger partial charge on any atom is -0.368 e. The number of nitrogens with one attached hydrogen (secondary N) is 1. The van der Waals surface area contributed by atoms with Gasteiger partial charge in [-0.1, -0.05) is 0 Å². The molecule has 3 rings (SSSR count). The molecule has 3 N–H and O–H groups in total. The van der Waals surface area contributed by atoms with Crippen molar-refractivity contribution in [3.63, 3.8) is 0 Å². The lowest BCUT2D eigenvalue weighted by Gasteiger charge is -2.35. The zero-order chi connectivity index (χ0) is 12.5. The predicted molar refractivity (Wildman–Crippen MR) is 70.6 cm³/mol. The number of hydrogen-bond donors (Lipinski definition) is 2. The van der Waals surface area contributed by atoms with Crippen LogP contribution in [0.25, 0.3) is 10.2 Å². The normalized spacial score (nSPS) is 20.2. The minimum atomic E-state index is -0.348. The number of nitrogens with two attached hydrogens (primary N) is 1. The molecule has 1 aliphatic heterocycles. The van der Waals surface area contributed by atoms with Crippen LogP contribution < -0.4 is 16.0 Å². The van der Waals surface area contributed by atoms with Crippen molar-refractivity contribution in [3.05, 3.63) is 17.8 Å². The fraction of sp³-hybridized carbons (Fsp3) is 0.364. The van der Waals surface area contributed by atoms with Gasteiger partial charge in [-0.15, -0.1) is 11.3 Å². The van der Waals surface area contributed by atoms with Gasteiger partial charge in [0.05, 0.1) is 10.2 Å². The van der Waals surface area contributed by atoms with Crippen molar-refractivity contribution in [1.82, 2.24) is 15.3 Å². The highest BCUT2D eigenvalue weighted by atomic mass is 32.1. The molecule has 1 saturated heterocycles. The van der Waals surface area contributed by atoms with Crippen molar-refractivity contribution < 1.29 is 4.79 Å². The van der Waals surface area contributed by atoms with Gasteiger partial charge in [-0.05, 0) is 11.4 Å². The van der Waals surface area contributed by atoms with Crippen LogP contribution in [0.15, 0.2) is 17.8 Å². The Morgan fingerprint density at radius 2 is 2.44 bits per heavy atom. The Hall–Kier alpha value is -1.73. The number of primary amides is 1. The summed E-state index contributed by atoms with van der Waals surface area (Å²) in [6.07, 6.45) is 1.53. The topological polar surface area (TPSA) is 84.1 Å². The lowest BCUT2D eigenvalue weighted by atomic mass is 10.2. The lowest BCUT2D eigenvalue weighted by molar-refractivity contribution is -0.119. The van der Waals surface area contributed by atoms with Crippen LogP contribution in [0.1, 0.15) is 0 Å². The number of nitrogens with zero attached hydrogens (tertiary/aromatic N) is 3. The fourth-order valence-electron chi connectivity index (χ4n) is 2.19. The molecule has 0 spiro atoms. The van der Waals surface area contributed by atoms with Crippen molar-refractivity contribution >= 4 is 33.3 Å². The number of fused-ring (bicyclic) bond motifs is 1. The molecule has 1 amide bonds. The molecule has 1 aliphatic rings. The molecule has 0 radical (unpaired) electrons. The zero-order valence-electron chi connectivity index (χ0n) is 9.67. The minimum absolute atomic E-state index is 0.328. The second-order valence-corrected chi connectivity index (χ2v) is 5.06. The summed E-state index contributed by atoms with van der Waals surface area (Å²) in [5.74, 6) is 0.478. The molecule has 1 atom stereocenters. The zero-order valence-corrected chi connectivity index (χ0v) is 10.5. The van der Waals surface area contributed by atoms with Gasteiger partial charge in [-0.2, -0.15) is 0 Å². The average molecular weight is 263 g/mol. The number of amides is 1. The van der Waals surface area contributed by atoms with E-state index in [2.05, 4.69) is 15.3 Å². The van der Waals surface area contributed by atoms with Gasteiger partial charge >= 0.3 is 0 Å².